The van der Waals surface area contributed by atoms with Crippen LogP contribution in [0, 0.1) is 62.6 Å². The van der Waals surface area contributed by atoms with Gasteiger partial charge < -0.3 is 5.73 Å². The lowest BCUT2D eigenvalue weighted by Gasteiger charge is -2.46. The summed E-state index contributed by atoms with van der Waals surface area (Å²) in [7, 11) is 0. The van der Waals surface area contributed by atoms with E-state index in [4.69, 9.17) is 5.73 Å². The molecule has 0 bridgehead atoms. The lowest BCUT2D eigenvalue weighted by molar-refractivity contribution is 0.141. The highest BCUT2D eigenvalue weighted by atomic mass is 14.7. The number of rotatable bonds is 1. The quantitative estimate of drug-likeness (QED) is 0.796. The van der Waals surface area contributed by atoms with Gasteiger partial charge in [-0.15, -0.1) is 0 Å². The van der Waals surface area contributed by atoms with Crippen LogP contribution in [0.1, 0.15) is 47.0 Å². The van der Waals surface area contributed by atoms with E-state index in [9.17, 15) is 15.8 Å². The van der Waals surface area contributed by atoms with Crippen molar-refractivity contribution in [3.05, 3.63) is 22.9 Å². The van der Waals surface area contributed by atoms with E-state index in [1.807, 2.05) is 6.92 Å². The van der Waals surface area contributed by atoms with E-state index in [2.05, 4.69) is 45.1 Å². The summed E-state index contributed by atoms with van der Waals surface area (Å²) in [5.74, 6) is 0.366. The summed E-state index contributed by atoms with van der Waals surface area (Å²) in [4.78, 5) is 0. The summed E-state index contributed by atoms with van der Waals surface area (Å²) in [6, 6.07) is 6.45. The first kappa shape index (κ1) is 17.1. The van der Waals surface area contributed by atoms with Crippen molar-refractivity contribution in [2.75, 3.05) is 0 Å². The molecular weight excluding hydrogens is 284 g/mol. The summed E-state index contributed by atoms with van der Waals surface area (Å²) < 4.78 is 0. The monoisotopic (exact) mass is 308 g/mol. The Labute approximate surface area is 138 Å². The number of hydrogen-bond acceptors (Lipinski definition) is 4. The van der Waals surface area contributed by atoms with Gasteiger partial charge in [-0.1, -0.05) is 33.8 Å². The second-order valence-corrected chi connectivity index (χ2v) is 7.75. The van der Waals surface area contributed by atoms with Gasteiger partial charge in [0.15, 0.2) is 5.41 Å². The van der Waals surface area contributed by atoms with Crippen molar-refractivity contribution < 1.29 is 0 Å². The number of nitrogens with two attached hydrogens (primary N) is 1. The summed E-state index contributed by atoms with van der Waals surface area (Å²) in [5, 5.41) is 29.0. The minimum Gasteiger partial charge on any atom is -0.399 e. The van der Waals surface area contributed by atoms with Gasteiger partial charge in [-0.25, -0.2) is 0 Å². The molecular formula is C19H24N4. The normalized spacial score (nSPS) is 29.6. The van der Waals surface area contributed by atoms with Crippen LogP contribution in [0.3, 0.4) is 0 Å². The average molecular weight is 308 g/mol. The standard InChI is InChI=1S/C19H24N4/c1-5-16-14-8-12(18(2,3)4)6-7-13(14)15(9-20)17(23)19(16,10-21)11-22/h7,12,14,16H,5-6,8,23H2,1-4H3/t12-,14-,16-/m1/s1. The number of allylic oxidation sites excluding steroid dienone is 4. The maximum absolute atomic E-state index is 9.73. The number of hydrogen-bond donors (Lipinski definition) is 1. The fourth-order valence-electron chi connectivity index (χ4n) is 4.21. The second kappa shape index (κ2) is 5.75. The zero-order valence-corrected chi connectivity index (χ0v) is 14.3. The van der Waals surface area contributed by atoms with Crippen LogP contribution in [0.5, 0.6) is 0 Å². The minimum atomic E-state index is -1.39. The molecule has 2 rings (SSSR count). The first-order valence-electron chi connectivity index (χ1n) is 8.20. The topological polar surface area (TPSA) is 97.4 Å². The number of nitrogens with zero attached hydrogens (tertiary/aromatic N) is 3. The first-order chi connectivity index (χ1) is 10.8. The lowest BCUT2D eigenvalue weighted by Crippen LogP contribution is -2.45. The van der Waals surface area contributed by atoms with Gasteiger partial charge in [0.2, 0.25) is 0 Å². The molecule has 0 aromatic rings. The van der Waals surface area contributed by atoms with Crippen molar-refractivity contribution >= 4 is 0 Å². The Morgan fingerprint density at radius 2 is 1.87 bits per heavy atom. The van der Waals surface area contributed by atoms with Crippen LogP contribution in [-0.4, -0.2) is 0 Å². The third-order valence-electron chi connectivity index (χ3n) is 5.71. The zero-order valence-electron chi connectivity index (χ0n) is 14.3. The molecule has 0 aliphatic heterocycles. The molecule has 0 heterocycles. The Morgan fingerprint density at radius 1 is 1.26 bits per heavy atom. The molecule has 3 atom stereocenters. The Balaban J connectivity index is 2.66. The highest BCUT2D eigenvalue weighted by molar-refractivity contribution is 5.56. The van der Waals surface area contributed by atoms with Crippen molar-refractivity contribution in [3.8, 4) is 18.2 Å². The van der Waals surface area contributed by atoms with E-state index in [0.717, 1.165) is 18.4 Å². The molecule has 0 aromatic carbocycles. The molecule has 0 amide bonds. The zero-order chi connectivity index (χ0) is 17.4. The fourth-order valence-corrected chi connectivity index (χ4v) is 4.21. The highest BCUT2D eigenvalue weighted by Crippen LogP contribution is 2.54. The van der Waals surface area contributed by atoms with Gasteiger partial charge in [0.05, 0.1) is 23.4 Å². The smallest absolute Gasteiger partial charge is 0.187 e. The molecule has 2 N–H and O–H groups in total. The Bertz CT molecular complexity index is 671. The maximum Gasteiger partial charge on any atom is 0.187 e. The van der Waals surface area contributed by atoms with Crippen molar-refractivity contribution in [1.29, 1.82) is 15.8 Å². The Morgan fingerprint density at radius 3 is 2.30 bits per heavy atom. The lowest BCUT2D eigenvalue weighted by atomic mass is 9.55. The summed E-state index contributed by atoms with van der Waals surface area (Å²) in [5.41, 5.74) is 6.38. The molecule has 4 heteroatoms. The van der Waals surface area contributed by atoms with Gasteiger partial charge in [0.1, 0.15) is 6.07 Å². The van der Waals surface area contributed by atoms with Crippen LogP contribution in [0.25, 0.3) is 0 Å². The molecule has 0 saturated carbocycles. The van der Waals surface area contributed by atoms with Crippen LogP contribution >= 0.6 is 0 Å². The predicted octanol–water partition coefficient (Wildman–Crippen LogP) is 3.79. The Kier molecular flexibility index (Phi) is 4.28. The van der Waals surface area contributed by atoms with Gasteiger partial charge in [0.25, 0.3) is 0 Å². The third kappa shape index (κ3) is 2.42. The largest absolute Gasteiger partial charge is 0.399 e. The van der Waals surface area contributed by atoms with Crippen LogP contribution in [0.4, 0.5) is 0 Å². The van der Waals surface area contributed by atoms with E-state index in [-0.39, 0.29) is 22.9 Å². The molecule has 0 saturated heterocycles. The van der Waals surface area contributed by atoms with Crippen molar-refractivity contribution in [3.63, 3.8) is 0 Å². The van der Waals surface area contributed by atoms with E-state index in [1.54, 1.807) is 0 Å². The van der Waals surface area contributed by atoms with Gasteiger partial charge >= 0.3 is 0 Å². The maximum atomic E-state index is 9.73. The molecule has 4 nitrogen and oxygen atoms in total. The third-order valence-corrected chi connectivity index (χ3v) is 5.71. The molecule has 0 fully saturated rings. The number of nitriles is 3. The van der Waals surface area contributed by atoms with Crippen LogP contribution < -0.4 is 5.73 Å². The van der Waals surface area contributed by atoms with Crippen LogP contribution in [0.15, 0.2) is 22.9 Å². The predicted molar refractivity (Wildman–Crippen MR) is 88.0 cm³/mol. The summed E-state index contributed by atoms with van der Waals surface area (Å²) in [6.45, 7) is 8.66. The van der Waals surface area contributed by atoms with Gasteiger partial charge in [-0.3, -0.25) is 0 Å². The summed E-state index contributed by atoms with van der Waals surface area (Å²) in [6.07, 6.45) is 4.63. The van der Waals surface area contributed by atoms with E-state index >= 15 is 0 Å². The molecule has 2 aliphatic rings. The SMILES string of the molecule is CC[C@@H]1[C@@H]2C[C@H](C(C)(C)C)CC=C2C(C#N)=C(N)C1(C#N)C#N. The van der Waals surface area contributed by atoms with Crippen molar-refractivity contribution in [1.82, 2.24) is 0 Å². The van der Waals surface area contributed by atoms with Crippen molar-refractivity contribution in [2.45, 2.75) is 47.0 Å². The fraction of sp³-hybridized carbons (Fsp3) is 0.632. The first-order valence-corrected chi connectivity index (χ1v) is 8.20. The van der Waals surface area contributed by atoms with E-state index in [1.165, 1.54) is 0 Å². The van der Waals surface area contributed by atoms with E-state index in [0.29, 0.717) is 17.9 Å². The van der Waals surface area contributed by atoms with Crippen LogP contribution in [0.2, 0.25) is 0 Å². The van der Waals surface area contributed by atoms with Gasteiger partial charge in [0, 0.05) is 5.92 Å². The molecule has 2 aliphatic carbocycles. The number of fused-ring (bicyclic) bond motifs is 1. The minimum absolute atomic E-state index is 0.0548. The highest BCUT2D eigenvalue weighted by Gasteiger charge is 2.53. The summed E-state index contributed by atoms with van der Waals surface area (Å²) >= 11 is 0. The van der Waals surface area contributed by atoms with Gasteiger partial charge in [-0.2, -0.15) is 15.8 Å². The average Bonchev–Trinajstić information content (AvgIpc) is 2.52. The molecule has 0 unspecified atom stereocenters. The van der Waals surface area contributed by atoms with E-state index < -0.39 is 5.41 Å². The second-order valence-electron chi connectivity index (χ2n) is 7.75. The van der Waals surface area contributed by atoms with Gasteiger partial charge in [-0.05, 0) is 42.1 Å². The van der Waals surface area contributed by atoms with Crippen molar-refractivity contribution in [2.24, 2.45) is 34.3 Å². The molecule has 120 valence electrons. The molecule has 0 radical (unpaired) electrons. The molecule has 0 aromatic heterocycles. The van der Waals surface area contributed by atoms with Crippen LogP contribution in [-0.2, 0) is 0 Å². The molecule has 23 heavy (non-hydrogen) atoms. The Hall–Kier alpha value is -2.25. The molecule has 0 spiro atoms.